The summed E-state index contributed by atoms with van der Waals surface area (Å²) in [6.45, 7) is 2.64. The van der Waals surface area contributed by atoms with Gasteiger partial charge in [-0.1, -0.05) is 30.3 Å². The number of nitrogens with one attached hydrogen (secondary N) is 1. The molecule has 0 saturated carbocycles. The number of nitrogens with zero attached hydrogens (tertiary/aromatic N) is 2. The van der Waals surface area contributed by atoms with Crippen molar-refractivity contribution in [2.75, 3.05) is 13.3 Å². The van der Waals surface area contributed by atoms with E-state index in [2.05, 4.69) is 4.98 Å². The molecule has 3 aromatic rings. The fourth-order valence-corrected chi connectivity index (χ4v) is 4.29. The van der Waals surface area contributed by atoms with Crippen LogP contribution in [-0.2, 0) is 6.42 Å². The molecule has 5 rings (SSSR count). The lowest BCUT2D eigenvalue weighted by molar-refractivity contribution is 0.0729. The summed E-state index contributed by atoms with van der Waals surface area (Å²) in [7, 11) is 0. The van der Waals surface area contributed by atoms with Gasteiger partial charge >= 0.3 is 0 Å². The predicted octanol–water partition coefficient (Wildman–Crippen LogP) is 3.38. The first kappa shape index (κ1) is 19.4. The molecule has 7 nitrogen and oxygen atoms in total. The summed E-state index contributed by atoms with van der Waals surface area (Å²) in [6, 6.07) is 14.8. The van der Waals surface area contributed by atoms with Crippen molar-refractivity contribution in [3.63, 3.8) is 0 Å². The molecule has 0 radical (unpaired) electrons. The molecule has 2 aliphatic rings. The molecule has 7 heteroatoms. The number of aromatic nitrogens is 2. The molecule has 1 fully saturated rings. The number of rotatable bonds is 4. The van der Waals surface area contributed by atoms with Crippen LogP contribution in [0.25, 0.3) is 0 Å². The molecule has 3 heterocycles. The number of carbonyl (C=O) groups excluding carboxylic acids is 1. The summed E-state index contributed by atoms with van der Waals surface area (Å²) < 4.78 is 10.7. The SMILES string of the molecule is Cc1nc([C@@H]2CCCN2C(=O)c2ccc3c(c2)OCO3)[nH]c(=O)c1Cc1ccccc1. The fraction of sp³-hybridized carbons (Fsp3) is 0.292. The van der Waals surface area contributed by atoms with Gasteiger partial charge in [0, 0.05) is 29.8 Å². The van der Waals surface area contributed by atoms with Crippen molar-refractivity contribution in [1.82, 2.24) is 14.9 Å². The number of amides is 1. The normalized spacial score (nSPS) is 17.2. The van der Waals surface area contributed by atoms with Crippen molar-refractivity contribution in [2.24, 2.45) is 0 Å². The molecule has 0 aliphatic carbocycles. The van der Waals surface area contributed by atoms with Crippen LogP contribution in [0.1, 0.15) is 51.9 Å². The first-order chi connectivity index (χ1) is 15.1. The number of ether oxygens (including phenoxy) is 2. The van der Waals surface area contributed by atoms with Crippen LogP contribution >= 0.6 is 0 Å². The first-order valence-electron chi connectivity index (χ1n) is 10.4. The summed E-state index contributed by atoms with van der Waals surface area (Å²) in [6.07, 6.45) is 2.14. The molecule has 1 atom stereocenters. The van der Waals surface area contributed by atoms with Crippen molar-refractivity contribution in [3.8, 4) is 11.5 Å². The first-order valence-corrected chi connectivity index (χ1v) is 10.4. The Bertz CT molecular complexity index is 1190. The number of benzene rings is 2. The third kappa shape index (κ3) is 3.67. The van der Waals surface area contributed by atoms with Gasteiger partial charge in [0.1, 0.15) is 5.82 Å². The number of aryl methyl sites for hydroxylation is 1. The number of aromatic amines is 1. The van der Waals surface area contributed by atoms with Gasteiger partial charge in [-0.15, -0.1) is 0 Å². The largest absolute Gasteiger partial charge is 0.454 e. The maximum Gasteiger partial charge on any atom is 0.254 e. The minimum atomic E-state index is -0.255. The third-order valence-electron chi connectivity index (χ3n) is 5.91. The highest BCUT2D eigenvalue weighted by Gasteiger charge is 2.33. The molecule has 1 aromatic heterocycles. The minimum absolute atomic E-state index is 0.102. The lowest BCUT2D eigenvalue weighted by atomic mass is 10.0. The lowest BCUT2D eigenvalue weighted by Gasteiger charge is -2.24. The molecular formula is C24H23N3O4. The number of fused-ring (bicyclic) bond motifs is 1. The van der Waals surface area contributed by atoms with Crippen molar-refractivity contribution in [3.05, 3.63) is 87.1 Å². The lowest BCUT2D eigenvalue weighted by Crippen LogP contribution is -2.33. The van der Waals surface area contributed by atoms with Gasteiger partial charge in [-0.3, -0.25) is 9.59 Å². The second-order valence-corrected chi connectivity index (χ2v) is 7.90. The zero-order chi connectivity index (χ0) is 21.4. The topological polar surface area (TPSA) is 84.5 Å². The Morgan fingerprint density at radius 3 is 2.77 bits per heavy atom. The number of carbonyl (C=O) groups is 1. The van der Waals surface area contributed by atoms with Gasteiger partial charge in [-0.05, 0) is 43.5 Å². The van der Waals surface area contributed by atoms with Crippen LogP contribution in [-0.4, -0.2) is 34.1 Å². The van der Waals surface area contributed by atoms with Crippen LogP contribution in [0.5, 0.6) is 11.5 Å². The Balaban J connectivity index is 1.41. The van der Waals surface area contributed by atoms with E-state index in [1.807, 2.05) is 37.3 Å². The summed E-state index contributed by atoms with van der Waals surface area (Å²) >= 11 is 0. The average Bonchev–Trinajstić information content (AvgIpc) is 3.45. The number of H-pyrrole nitrogens is 1. The standard InChI is InChI=1S/C24H23N3O4/c1-15-18(12-16-6-3-2-4-7-16)23(28)26-22(25-15)19-8-5-11-27(19)24(29)17-9-10-20-21(13-17)31-14-30-20/h2-4,6-7,9-10,13,19H,5,8,11-12,14H2,1H3,(H,25,26,28)/t19-/m0/s1. The molecule has 158 valence electrons. The van der Waals surface area contributed by atoms with E-state index in [9.17, 15) is 9.59 Å². The molecule has 31 heavy (non-hydrogen) atoms. The molecule has 0 spiro atoms. The molecule has 0 bridgehead atoms. The average molecular weight is 417 g/mol. The van der Waals surface area contributed by atoms with E-state index >= 15 is 0 Å². The van der Waals surface area contributed by atoms with Gasteiger partial charge in [0.2, 0.25) is 6.79 Å². The van der Waals surface area contributed by atoms with Gasteiger partial charge in [0.15, 0.2) is 11.5 Å². The van der Waals surface area contributed by atoms with E-state index in [1.54, 1.807) is 23.1 Å². The van der Waals surface area contributed by atoms with E-state index in [-0.39, 0.29) is 24.3 Å². The van der Waals surface area contributed by atoms with Crippen molar-refractivity contribution in [1.29, 1.82) is 0 Å². The Hall–Kier alpha value is -3.61. The Kier molecular flexibility index (Phi) is 4.94. The van der Waals surface area contributed by atoms with Gasteiger partial charge in [-0.2, -0.15) is 0 Å². The Morgan fingerprint density at radius 2 is 1.97 bits per heavy atom. The van der Waals surface area contributed by atoms with Gasteiger partial charge < -0.3 is 19.4 Å². The molecule has 1 saturated heterocycles. The number of hydrogen-bond acceptors (Lipinski definition) is 5. The maximum atomic E-state index is 13.2. The van der Waals surface area contributed by atoms with E-state index in [0.29, 0.717) is 47.1 Å². The zero-order valence-corrected chi connectivity index (χ0v) is 17.3. The summed E-state index contributed by atoms with van der Waals surface area (Å²) in [5.74, 6) is 1.67. The van der Waals surface area contributed by atoms with E-state index in [0.717, 1.165) is 18.4 Å². The maximum absolute atomic E-state index is 13.2. The second kappa shape index (κ2) is 7.91. The summed E-state index contributed by atoms with van der Waals surface area (Å²) in [5, 5.41) is 0. The van der Waals surface area contributed by atoms with Crippen LogP contribution in [0.4, 0.5) is 0 Å². The van der Waals surface area contributed by atoms with E-state index < -0.39 is 0 Å². The van der Waals surface area contributed by atoms with Crippen molar-refractivity contribution in [2.45, 2.75) is 32.2 Å². The van der Waals surface area contributed by atoms with Crippen LogP contribution in [0.2, 0.25) is 0 Å². The smallest absolute Gasteiger partial charge is 0.254 e. The monoisotopic (exact) mass is 417 g/mol. The van der Waals surface area contributed by atoms with Gasteiger partial charge in [-0.25, -0.2) is 4.98 Å². The summed E-state index contributed by atoms with van der Waals surface area (Å²) in [4.78, 5) is 35.5. The molecular weight excluding hydrogens is 394 g/mol. The van der Waals surface area contributed by atoms with E-state index in [4.69, 9.17) is 14.5 Å². The molecule has 2 aliphatic heterocycles. The van der Waals surface area contributed by atoms with E-state index in [1.165, 1.54) is 0 Å². The molecule has 0 unspecified atom stereocenters. The van der Waals surface area contributed by atoms with Crippen LogP contribution in [0, 0.1) is 6.92 Å². The fourth-order valence-electron chi connectivity index (χ4n) is 4.29. The minimum Gasteiger partial charge on any atom is -0.454 e. The zero-order valence-electron chi connectivity index (χ0n) is 17.3. The molecule has 1 amide bonds. The second-order valence-electron chi connectivity index (χ2n) is 7.90. The van der Waals surface area contributed by atoms with Crippen LogP contribution < -0.4 is 15.0 Å². The highest BCUT2D eigenvalue weighted by Crippen LogP contribution is 2.35. The third-order valence-corrected chi connectivity index (χ3v) is 5.91. The number of hydrogen-bond donors (Lipinski definition) is 1. The van der Waals surface area contributed by atoms with Crippen molar-refractivity contribution >= 4 is 5.91 Å². The quantitative estimate of drug-likeness (QED) is 0.704. The Morgan fingerprint density at radius 1 is 1.16 bits per heavy atom. The predicted molar refractivity (Wildman–Crippen MR) is 114 cm³/mol. The summed E-state index contributed by atoms with van der Waals surface area (Å²) in [5.41, 5.74) is 2.81. The Labute approximate surface area is 179 Å². The highest BCUT2D eigenvalue weighted by molar-refractivity contribution is 5.95. The van der Waals surface area contributed by atoms with Crippen LogP contribution in [0.15, 0.2) is 53.3 Å². The van der Waals surface area contributed by atoms with Gasteiger partial charge in [0.25, 0.3) is 11.5 Å². The van der Waals surface area contributed by atoms with Gasteiger partial charge in [0.05, 0.1) is 6.04 Å². The van der Waals surface area contributed by atoms with Crippen LogP contribution in [0.3, 0.4) is 0 Å². The molecule has 2 aromatic carbocycles. The molecule has 1 N–H and O–H groups in total. The number of likely N-dealkylation sites (tertiary alicyclic amines) is 1. The highest BCUT2D eigenvalue weighted by atomic mass is 16.7. The van der Waals surface area contributed by atoms with Crippen molar-refractivity contribution < 1.29 is 14.3 Å².